The number of aromatic nitrogens is 2. The van der Waals surface area contributed by atoms with E-state index < -0.39 is 0 Å². The van der Waals surface area contributed by atoms with E-state index in [0.29, 0.717) is 18.4 Å². The fourth-order valence-corrected chi connectivity index (χ4v) is 5.67. The van der Waals surface area contributed by atoms with Crippen LogP contribution >= 0.6 is 0 Å². The van der Waals surface area contributed by atoms with Gasteiger partial charge in [-0.25, -0.2) is 9.97 Å². The summed E-state index contributed by atoms with van der Waals surface area (Å²) in [6.45, 7) is 5.53. The van der Waals surface area contributed by atoms with Gasteiger partial charge in [-0.05, 0) is 65.8 Å². The molecule has 3 heterocycles. The van der Waals surface area contributed by atoms with Crippen molar-refractivity contribution in [3.05, 3.63) is 90.4 Å². The van der Waals surface area contributed by atoms with Gasteiger partial charge in [0.05, 0.1) is 5.69 Å². The molecule has 0 atom stereocenters. The number of nitriles is 1. The Morgan fingerprint density at radius 1 is 1.00 bits per heavy atom. The maximum atomic E-state index is 12.5. The highest BCUT2D eigenvalue weighted by molar-refractivity contribution is 6.00. The summed E-state index contributed by atoms with van der Waals surface area (Å²) in [7, 11) is 0. The Kier molecular flexibility index (Phi) is 7.61. The van der Waals surface area contributed by atoms with E-state index in [0.717, 1.165) is 66.2 Å². The number of benzene rings is 3. The Morgan fingerprint density at radius 2 is 1.73 bits per heavy atom. The van der Waals surface area contributed by atoms with Crippen molar-refractivity contribution in [3.8, 4) is 34.1 Å². The van der Waals surface area contributed by atoms with E-state index in [1.807, 2.05) is 37.3 Å². The number of hydrogen-bond acceptors (Lipinski definition) is 7. The van der Waals surface area contributed by atoms with Crippen LogP contribution in [0.25, 0.3) is 22.3 Å². The van der Waals surface area contributed by atoms with Crippen molar-refractivity contribution in [1.29, 1.82) is 5.26 Å². The van der Waals surface area contributed by atoms with Crippen LogP contribution < -0.4 is 15.0 Å². The number of piperidine rings is 1. The van der Waals surface area contributed by atoms with Gasteiger partial charge in [0.25, 0.3) is 5.91 Å². The Labute approximate surface area is 240 Å². The summed E-state index contributed by atoms with van der Waals surface area (Å²) in [5.41, 5.74) is 6.48. The predicted octanol–water partition coefficient (Wildman–Crippen LogP) is 5.50. The Hall–Kier alpha value is -4.74. The minimum Gasteiger partial charge on any atom is -0.482 e. The van der Waals surface area contributed by atoms with Crippen LogP contribution in [0.2, 0.25) is 0 Å². The van der Waals surface area contributed by atoms with Crippen molar-refractivity contribution in [2.45, 2.75) is 32.4 Å². The number of rotatable bonds is 7. The minimum absolute atomic E-state index is 0.0157. The number of hydrogen-bond donors (Lipinski definition) is 1. The van der Waals surface area contributed by atoms with Gasteiger partial charge in [0.15, 0.2) is 6.61 Å². The Morgan fingerprint density at radius 3 is 2.46 bits per heavy atom. The van der Waals surface area contributed by atoms with Crippen molar-refractivity contribution in [2.24, 2.45) is 0 Å². The first-order valence-electron chi connectivity index (χ1n) is 14.1. The SMILES string of the molecule is CCN1C(=O)COc2cc(-c3ccc(CN4CCC(Nc5ccnc(C#N)n5)CC4)cc3)c(-c3ccccc3)cc21. The van der Waals surface area contributed by atoms with Crippen LogP contribution in [0, 0.1) is 11.3 Å². The molecule has 0 aliphatic carbocycles. The number of ether oxygens (including phenoxy) is 1. The summed E-state index contributed by atoms with van der Waals surface area (Å²) >= 11 is 0. The predicted molar refractivity (Wildman–Crippen MR) is 160 cm³/mol. The number of fused-ring (bicyclic) bond motifs is 1. The van der Waals surface area contributed by atoms with Gasteiger partial charge in [0.2, 0.25) is 5.82 Å². The molecule has 0 saturated carbocycles. The topological polar surface area (TPSA) is 94.4 Å². The van der Waals surface area contributed by atoms with Gasteiger partial charge in [-0.3, -0.25) is 9.69 Å². The van der Waals surface area contributed by atoms with Gasteiger partial charge in [-0.15, -0.1) is 0 Å². The van der Waals surface area contributed by atoms with Crippen LogP contribution in [0.4, 0.5) is 11.5 Å². The summed E-state index contributed by atoms with van der Waals surface area (Å²) in [6.07, 6.45) is 3.64. The third kappa shape index (κ3) is 5.76. The molecule has 1 fully saturated rings. The second kappa shape index (κ2) is 11.8. The summed E-state index contributed by atoms with van der Waals surface area (Å²) in [5, 5.41) is 12.5. The van der Waals surface area contributed by atoms with Crippen molar-refractivity contribution < 1.29 is 9.53 Å². The summed E-state index contributed by atoms with van der Waals surface area (Å²) < 4.78 is 5.88. The first kappa shape index (κ1) is 26.5. The Bertz CT molecular complexity index is 1570. The molecule has 1 N–H and O–H groups in total. The molecule has 0 radical (unpaired) electrons. The maximum absolute atomic E-state index is 12.5. The van der Waals surface area contributed by atoms with Crippen LogP contribution in [0.5, 0.6) is 5.75 Å². The molecule has 6 rings (SSSR count). The number of likely N-dealkylation sites (tertiary alicyclic amines) is 1. The van der Waals surface area contributed by atoms with Gasteiger partial charge in [0, 0.05) is 38.4 Å². The van der Waals surface area contributed by atoms with Crippen LogP contribution in [0.1, 0.15) is 31.2 Å². The van der Waals surface area contributed by atoms with Crippen LogP contribution in [-0.4, -0.2) is 53.1 Å². The van der Waals surface area contributed by atoms with E-state index in [9.17, 15) is 4.79 Å². The molecular weight excluding hydrogens is 512 g/mol. The van der Waals surface area contributed by atoms with E-state index in [1.165, 1.54) is 5.56 Å². The molecule has 8 heteroatoms. The van der Waals surface area contributed by atoms with Gasteiger partial charge in [0.1, 0.15) is 17.6 Å². The fourth-order valence-electron chi connectivity index (χ4n) is 5.67. The van der Waals surface area contributed by atoms with Crippen molar-refractivity contribution in [1.82, 2.24) is 14.9 Å². The molecule has 206 valence electrons. The average molecular weight is 545 g/mol. The number of carbonyl (C=O) groups is 1. The van der Waals surface area contributed by atoms with E-state index >= 15 is 0 Å². The molecule has 8 nitrogen and oxygen atoms in total. The monoisotopic (exact) mass is 544 g/mol. The van der Waals surface area contributed by atoms with Gasteiger partial charge >= 0.3 is 0 Å². The van der Waals surface area contributed by atoms with Crippen LogP contribution in [-0.2, 0) is 11.3 Å². The minimum atomic E-state index is -0.0157. The molecule has 3 aromatic carbocycles. The third-order valence-corrected chi connectivity index (χ3v) is 7.81. The molecule has 2 aliphatic heterocycles. The van der Waals surface area contributed by atoms with Crippen molar-refractivity contribution in [2.75, 3.05) is 36.5 Å². The summed E-state index contributed by atoms with van der Waals surface area (Å²) in [5.74, 6) is 1.63. The molecule has 4 aromatic rings. The van der Waals surface area contributed by atoms with Crippen molar-refractivity contribution in [3.63, 3.8) is 0 Å². The number of anilines is 2. The van der Waals surface area contributed by atoms with E-state index in [-0.39, 0.29) is 18.3 Å². The highest BCUT2D eigenvalue weighted by atomic mass is 16.5. The second-order valence-corrected chi connectivity index (χ2v) is 10.4. The van der Waals surface area contributed by atoms with Crippen molar-refractivity contribution >= 4 is 17.4 Å². The smallest absolute Gasteiger partial charge is 0.265 e. The largest absolute Gasteiger partial charge is 0.482 e. The zero-order valence-electron chi connectivity index (χ0n) is 23.1. The average Bonchev–Trinajstić information content (AvgIpc) is 3.02. The lowest BCUT2D eigenvalue weighted by Crippen LogP contribution is -2.38. The van der Waals surface area contributed by atoms with E-state index in [2.05, 4.69) is 68.7 Å². The quantitative estimate of drug-likeness (QED) is 0.328. The number of nitrogens with zero attached hydrogens (tertiary/aromatic N) is 5. The third-order valence-electron chi connectivity index (χ3n) is 7.81. The zero-order valence-corrected chi connectivity index (χ0v) is 23.1. The highest BCUT2D eigenvalue weighted by Crippen LogP contribution is 2.42. The highest BCUT2D eigenvalue weighted by Gasteiger charge is 2.26. The molecule has 1 saturated heterocycles. The van der Waals surface area contributed by atoms with E-state index in [4.69, 9.17) is 10.00 Å². The standard InChI is InChI=1S/C33H32N6O2/c1-2-39-29-18-27(24-6-4-3-5-7-24)28(19-30(29)41-22-33(39)40)25-10-8-23(9-11-25)21-38-16-13-26(14-17-38)36-31-12-15-35-32(20-34)37-31/h3-12,15,18-19,26H,2,13-14,16-17,21-22H2,1H3,(H,35,36,37). The lowest BCUT2D eigenvalue weighted by atomic mass is 9.92. The van der Waals surface area contributed by atoms with Crippen LogP contribution in [0.15, 0.2) is 79.0 Å². The van der Waals surface area contributed by atoms with Gasteiger partial charge in [-0.2, -0.15) is 5.26 Å². The van der Waals surface area contributed by atoms with Gasteiger partial charge in [-0.1, -0.05) is 54.6 Å². The first-order chi connectivity index (χ1) is 20.1. The second-order valence-electron chi connectivity index (χ2n) is 10.4. The maximum Gasteiger partial charge on any atom is 0.265 e. The molecule has 0 bridgehead atoms. The summed E-state index contributed by atoms with van der Waals surface area (Å²) in [4.78, 5) is 25.0. The first-order valence-corrected chi connectivity index (χ1v) is 14.1. The molecule has 0 spiro atoms. The molecule has 1 aromatic heterocycles. The lowest BCUT2D eigenvalue weighted by Gasteiger charge is -2.32. The normalized spacial score (nSPS) is 15.6. The Balaban J connectivity index is 1.17. The zero-order chi connectivity index (χ0) is 28.2. The molecular formula is C33H32N6O2. The number of likely N-dealkylation sites (N-methyl/N-ethyl adjacent to an activating group) is 1. The fraction of sp³-hybridized carbons (Fsp3) is 0.273. The molecule has 0 unspecified atom stereocenters. The summed E-state index contributed by atoms with van der Waals surface area (Å²) in [6, 6.07) is 27.4. The van der Waals surface area contributed by atoms with Gasteiger partial charge < -0.3 is 15.0 Å². The number of amides is 1. The molecule has 41 heavy (non-hydrogen) atoms. The lowest BCUT2D eigenvalue weighted by molar-refractivity contribution is -0.121. The molecule has 2 aliphatic rings. The van der Waals surface area contributed by atoms with E-state index in [1.54, 1.807) is 11.1 Å². The molecule has 1 amide bonds. The number of nitrogens with one attached hydrogen (secondary N) is 1. The number of carbonyl (C=O) groups excluding carboxylic acids is 1. The van der Waals surface area contributed by atoms with Crippen LogP contribution in [0.3, 0.4) is 0 Å².